The zero-order chi connectivity index (χ0) is 22.6. The molecular weight excluding hydrogens is 417 g/mol. The van der Waals surface area contributed by atoms with E-state index in [0.29, 0.717) is 34.3 Å². The topological polar surface area (TPSA) is 95.1 Å². The van der Waals surface area contributed by atoms with Crippen molar-refractivity contribution in [1.82, 2.24) is 14.8 Å². The highest BCUT2D eigenvalue weighted by Crippen LogP contribution is 2.45. The molecule has 3 aromatic rings. The zero-order valence-electron chi connectivity index (χ0n) is 17.6. The Kier molecular flexibility index (Phi) is 4.78. The molecule has 0 spiro atoms. The van der Waals surface area contributed by atoms with E-state index in [4.69, 9.17) is 9.47 Å². The van der Waals surface area contributed by atoms with Gasteiger partial charge in [0.05, 0.1) is 6.61 Å². The SMILES string of the molecule is COCCOc1ccc2[nH]c3c(c2c1F)CC1C(=O)N(C)C(=O)N1C3c1cccc(O)c1. The molecule has 2 atom stereocenters. The number of nitrogens with one attached hydrogen (secondary N) is 1. The molecule has 2 aliphatic rings. The first-order valence-corrected chi connectivity index (χ1v) is 10.3. The Balaban J connectivity index is 1.70. The van der Waals surface area contributed by atoms with Crippen molar-refractivity contribution in [3.05, 3.63) is 59.0 Å². The molecule has 1 aromatic heterocycles. The van der Waals surface area contributed by atoms with Crippen LogP contribution < -0.4 is 4.74 Å². The number of amides is 3. The number of aromatic nitrogens is 1. The third kappa shape index (κ3) is 2.92. The predicted molar refractivity (Wildman–Crippen MR) is 113 cm³/mol. The van der Waals surface area contributed by atoms with Crippen LogP contribution in [0, 0.1) is 5.82 Å². The first-order chi connectivity index (χ1) is 15.4. The van der Waals surface area contributed by atoms with Crippen LogP contribution in [0.1, 0.15) is 22.9 Å². The summed E-state index contributed by atoms with van der Waals surface area (Å²) < 4.78 is 26.0. The van der Waals surface area contributed by atoms with Crippen LogP contribution in [0.25, 0.3) is 10.9 Å². The molecule has 2 aliphatic heterocycles. The number of nitrogens with zero attached hydrogens (tertiary/aromatic N) is 2. The van der Waals surface area contributed by atoms with E-state index in [9.17, 15) is 14.7 Å². The lowest BCUT2D eigenvalue weighted by atomic mass is 9.88. The monoisotopic (exact) mass is 439 g/mol. The van der Waals surface area contributed by atoms with Gasteiger partial charge >= 0.3 is 6.03 Å². The van der Waals surface area contributed by atoms with Gasteiger partial charge in [0.1, 0.15) is 24.4 Å². The molecule has 1 fully saturated rings. The van der Waals surface area contributed by atoms with Crippen molar-refractivity contribution >= 4 is 22.8 Å². The largest absolute Gasteiger partial charge is 0.508 e. The zero-order valence-corrected chi connectivity index (χ0v) is 17.6. The number of aromatic hydroxyl groups is 1. The summed E-state index contributed by atoms with van der Waals surface area (Å²) >= 11 is 0. The highest BCUT2D eigenvalue weighted by Gasteiger charge is 2.51. The number of rotatable bonds is 5. The number of ether oxygens (including phenoxy) is 2. The summed E-state index contributed by atoms with van der Waals surface area (Å²) in [5, 5.41) is 10.4. The Morgan fingerprint density at radius 3 is 2.78 bits per heavy atom. The number of phenols is 1. The fourth-order valence-corrected chi connectivity index (χ4v) is 4.68. The molecule has 32 heavy (non-hydrogen) atoms. The molecule has 3 amide bonds. The van der Waals surface area contributed by atoms with E-state index in [1.165, 1.54) is 25.1 Å². The lowest BCUT2D eigenvalue weighted by molar-refractivity contribution is -0.127. The van der Waals surface area contributed by atoms with Crippen LogP contribution in [0.15, 0.2) is 36.4 Å². The van der Waals surface area contributed by atoms with E-state index in [0.717, 1.165) is 4.90 Å². The maximum absolute atomic E-state index is 15.5. The summed E-state index contributed by atoms with van der Waals surface area (Å²) in [7, 11) is 2.98. The lowest BCUT2D eigenvalue weighted by Crippen LogP contribution is -2.44. The Hall–Kier alpha value is -3.59. The van der Waals surface area contributed by atoms with Gasteiger partial charge in [0, 0.05) is 37.2 Å². The van der Waals surface area contributed by atoms with E-state index in [1.54, 1.807) is 30.3 Å². The number of benzene rings is 2. The molecule has 2 N–H and O–H groups in total. The molecular formula is C23H22FN3O5. The molecule has 0 saturated carbocycles. The number of fused-ring (bicyclic) bond motifs is 4. The van der Waals surface area contributed by atoms with Crippen molar-refractivity contribution in [1.29, 1.82) is 0 Å². The van der Waals surface area contributed by atoms with Crippen LogP contribution in [0.4, 0.5) is 9.18 Å². The lowest BCUT2D eigenvalue weighted by Gasteiger charge is -2.36. The Labute approximate surface area is 183 Å². The Morgan fingerprint density at radius 1 is 1.22 bits per heavy atom. The highest BCUT2D eigenvalue weighted by molar-refractivity contribution is 6.05. The minimum Gasteiger partial charge on any atom is -0.508 e. The number of urea groups is 1. The predicted octanol–water partition coefficient (Wildman–Crippen LogP) is 2.95. The Bertz CT molecular complexity index is 1240. The van der Waals surface area contributed by atoms with Crippen LogP contribution in [0.3, 0.4) is 0 Å². The molecule has 1 saturated heterocycles. The minimum atomic E-state index is -0.760. The molecule has 3 heterocycles. The quantitative estimate of drug-likeness (QED) is 0.471. The third-order valence-corrected chi connectivity index (χ3v) is 6.14. The summed E-state index contributed by atoms with van der Waals surface area (Å²) in [6.07, 6.45) is 0.179. The van der Waals surface area contributed by atoms with E-state index in [1.807, 2.05) is 0 Å². The maximum Gasteiger partial charge on any atom is 0.328 e. The number of carbonyl (C=O) groups is 2. The standard InChI is InChI=1S/C23H22FN3O5/c1-26-22(29)16-11-14-18-15(6-7-17(19(18)24)32-9-8-31-2)25-20(14)21(27(16)23(26)30)12-4-3-5-13(28)10-12/h3-7,10,16,21,25,28H,8-9,11H2,1-2H3. The van der Waals surface area contributed by atoms with Gasteiger partial charge in [0.15, 0.2) is 11.6 Å². The smallest absolute Gasteiger partial charge is 0.328 e. The number of hydrogen-bond donors (Lipinski definition) is 2. The van der Waals surface area contributed by atoms with Gasteiger partial charge in [-0.15, -0.1) is 0 Å². The number of hydrogen-bond acceptors (Lipinski definition) is 5. The van der Waals surface area contributed by atoms with Crippen molar-refractivity contribution in [3.8, 4) is 11.5 Å². The summed E-state index contributed by atoms with van der Waals surface area (Å²) in [6.45, 7) is 0.522. The van der Waals surface area contributed by atoms with Gasteiger partial charge in [-0.3, -0.25) is 14.6 Å². The van der Waals surface area contributed by atoms with E-state index >= 15 is 4.39 Å². The molecule has 166 valence electrons. The number of halogens is 1. The van der Waals surface area contributed by atoms with Gasteiger partial charge in [-0.2, -0.15) is 0 Å². The molecule has 0 aliphatic carbocycles. The number of H-pyrrole nitrogens is 1. The number of likely N-dealkylation sites (N-methyl/N-ethyl adjacent to an activating group) is 1. The van der Waals surface area contributed by atoms with Gasteiger partial charge in [0.25, 0.3) is 5.91 Å². The molecule has 5 rings (SSSR count). The maximum atomic E-state index is 15.5. The summed E-state index contributed by atoms with van der Waals surface area (Å²) in [5.41, 5.74) is 2.41. The molecule has 8 nitrogen and oxygen atoms in total. The summed E-state index contributed by atoms with van der Waals surface area (Å²) in [6, 6.07) is 7.92. The fourth-order valence-electron chi connectivity index (χ4n) is 4.68. The van der Waals surface area contributed by atoms with E-state index < -0.39 is 23.9 Å². The van der Waals surface area contributed by atoms with Crippen LogP contribution >= 0.6 is 0 Å². The first kappa shape index (κ1) is 20.3. The van der Waals surface area contributed by atoms with E-state index in [-0.39, 0.29) is 30.4 Å². The van der Waals surface area contributed by atoms with Crippen molar-refractivity contribution in [2.75, 3.05) is 27.4 Å². The van der Waals surface area contributed by atoms with Gasteiger partial charge < -0.3 is 19.6 Å². The normalized spacial score (nSPS) is 20.1. The summed E-state index contributed by atoms with van der Waals surface area (Å²) in [5.74, 6) is -0.732. The minimum absolute atomic E-state index is 0.0358. The number of aromatic amines is 1. The van der Waals surface area contributed by atoms with E-state index in [2.05, 4.69) is 4.98 Å². The molecule has 0 radical (unpaired) electrons. The molecule has 0 bridgehead atoms. The highest BCUT2D eigenvalue weighted by atomic mass is 19.1. The number of phenolic OH excluding ortho intramolecular Hbond substituents is 1. The first-order valence-electron chi connectivity index (χ1n) is 10.3. The van der Waals surface area contributed by atoms with Crippen LogP contribution in [0.5, 0.6) is 11.5 Å². The van der Waals surface area contributed by atoms with Crippen LogP contribution in [0.2, 0.25) is 0 Å². The van der Waals surface area contributed by atoms with Gasteiger partial charge in [-0.05, 0) is 35.4 Å². The van der Waals surface area contributed by atoms with Crippen molar-refractivity contribution in [2.24, 2.45) is 0 Å². The van der Waals surface area contributed by atoms with Crippen LogP contribution in [-0.2, 0) is 16.0 Å². The van der Waals surface area contributed by atoms with Crippen molar-refractivity contribution in [3.63, 3.8) is 0 Å². The number of imide groups is 1. The molecule has 9 heteroatoms. The summed E-state index contributed by atoms with van der Waals surface area (Å²) in [4.78, 5) is 31.7. The molecule has 2 aromatic carbocycles. The van der Waals surface area contributed by atoms with Gasteiger partial charge in [-0.1, -0.05) is 12.1 Å². The number of methoxy groups -OCH3 is 1. The van der Waals surface area contributed by atoms with Crippen molar-refractivity contribution in [2.45, 2.75) is 18.5 Å². The Morgan fingerprint density at radius 2 is 2.03 bits per heavy atom. The third-order valence-electron chi connectivity index (χ3n) is 6.14. The van der Waals surface area contributed by atoms with Crippen LogP contribution in [-0.4, -0.2) is 65.2 Å². The number of carbonyl (C=O) groups excluding carboxylic acids is 2. The second-order valence-corrected chi connectivity index (χ2v) is 7.96. The second-order valence-electron chi connectivity index (χ2n) is 7.96. The van der Waals surface area contributed by atoms with Gasteiger partial charge in [-0.25, -0.2) is 9.18 Å². The molecule has 2 unspecified atom stereocenters. The second kappa shape index (κ2) is 7.52. The average Bonchev–Trinajstić information content (AvgIpc) is 3.25. The fraction of sp³-hybridized carbons (Fsp3) is 0.304. The van der Waals surface area contributed by atoms with Gasteiger partial charge in [0.2, 0.25) is 0 Å². The van der Waals surface area contributed by atoms with Crippen molar-refractivity contribution < 1.29 is 28.6 Å². The average molecular weight is 439 g/mol.